The Labute approximate surface area is 115 Å². The van der Waals surface area contributed by atoms with Gasteiger partial charge in [0.1, 0.15) is 17.6 Å². The van der Waals surface area contributed by atoms with Gasteiger partial charge >= 0.3 is 0 Å². The molecule has 0 fully saturated rings. The van der Waals surface area contributed by atoms with Gasteiger partial charge in [-0.3, -0.25) is 0 Å². The molecule has 0 bridgehead atoms. The molecule has 0 saturated heterocycles. The minimum absolute atomic E-state index is 0.619. The van der Waals surface area contributed by atoms with Crippen LogP contribution in [0, 0.1) is 6.20 Å². The summed E-state index contributed by atoms with van der Waals surface area (Å²) in [5, 5.41) is 10.3. The van der Waals surface area contributed by atoms with E-state index in [2.05, 4.69) is 26.4 Å². The predicted octanol–water partition coefficient (Wildman–Crippen LogP) is 3.04. The lowest BCUT2D eigenvalue weighted by Crippen LogP contribution is -1.94. The molecule has 4 heteroatoms. The Morgan fingerprint density at radius 3 is 2.60 bits per heavy atom. The van der Waals surface area contributed by atoms with E-state index in [1.165, 1.54) is 0 Å². The van der Waals surface area contributed by atoms with E-state index in [4.69, 9.17) is 0 Å². The first kappa shape index (κ1) is 11.0. The normalized spacial score (nSPS) is 11.0. The lowest BCUT2D eigenvalue weighted by molar-refractivity contribution is 1.05. The van der Waals surface area contributed by atoms with E-state index in [-0.39, 0.29) is 0 Å². The molecular formula is C16H9N4. The van der Waals surface area contributed by atoms with Crippen LogP contribution in [0.2, 0.25) is 0 Å². The third-order valence-corrected chi connectivity index (χ3v) is 3.19. The highest BCUT2D eigenvalue weighted by Crippen LogP contribution is 2.24. The summed E-state index contributed by atoms with van der Waals surface area (Å²) in [6, 6.07) is 15.7. The molecule has 0 aliphatic heterocycles. The molecule has 93 valence electrons. The molecule has 0 aliphatic rings. The molecule has 0 amide bonds. The summed E-state index contributed by atoms with van der Waals surface area (Å²) in [5.41, 5.74) is 2.98. The van der Waals surface area contributed by atoms with Gasteiger partial charge in [0.15, 0.2) is 0 Å². The van der Waals surface area contributed by atoms with Crippen molar-refractivity contribution < 1.29 is 0 Å². The number of para-hydroxylation sites is 2. The highest BCUT2D eigenvalue weighted by molar-refractivity contribution is 5.93. The lowest BCUT2D eigenvalue weighted by Gasteiger charge is -2.04. The minimum Gasteiger partial charge on any atom is -0.242 e. The van der Waals surface area contributed by atoms with Crippen LogP contribution in [0.25, 0.3) is 33.2 Å². The van der Waals surface area contributed by atoms with E-state index in [0.717, 1.165) is 21.8 Å². The molecular weight excluding hydrogens is 248 g/mol. The number of hydrogen-bond acceptors (Lipinski definition) is 4. The maximum Gasteiger partial charge on any atom is 0.121 e. The molecule has 0 N–H and O–H groups in total. The van der Waals surface area contributed by atoms with Gasteiger partial charge in [0.05, 0.1) is 17.2 Å². The summed E-state index contributed by atoms with van der Waals surface area (Å²) in [6.45, 7) is 0. The lowest BCUT2D eigenvalue weighted by atomic mass is 10.1. The summed E-state index contributed by atoms with van der Waals surface area (Å²) in [5.74, 6) is 0. The van der Waals surface area contributed by atoms with Gasteiger partial charge < -0.3 is 0 Å². The van der Waals surface area contributed by atoms with Crippen LogP contribution in [-0.4, -0.2) is 20.2 Å². The van der Waals surface area contributed by atoms with Crippen molar-refractivity contribution in [3.05, 3.63) is 60.9 Å². The van der Waals surface area contributed by atoms with Gasteiger partial charge in [-0.25, -0.2) is 9.97 Å². The van der Waals surface area contributed by atoms with Gasteiger partial charge in [0, 0.05) is 10.8 Å². The molecule has 2 aromatic carbocycles. The van der Waals surface area contributed by atoms with Crippen molar-refractivity contribution in [2.75, 3.05) is 0 Å². The van der Waals surface area contributed by atoms with Crippen molar-refractivity contribution >= 4 is 21.8 Å². The highest BCUT2D eigenvalue weighted by Gasteiger charge is 2.09. The summed E-state index contributed by atoms with van der Waals surface area (Å²) in [7, 11) is 0. The molecule has 2 aromatic heterocycles. The smallest absolute Gasteiger partial charge is 0.121 e. The van der Waals surface area contributed by atoms with Gasteiger partial charge in [0.2, 0.25) is 0 Å². The summed E-state index contributed by atoms with van der Waals surface area (Å²) in [6.07, 6.45) is 4.70. The van der Waals surface area contributed by atoms with E-state index in [1.807, 2.05) is 48.5 Å². The number of rotatable bonds is 1. The average molecular weight is 257 g/mol. The van der Waals surface area contributed by atoms with E-state index in [9.17, 15) is 0 Å². The molecule has 0 spiro atoms. The molecule has 0 aliphatic carbocycles. The van der Waals surface area contributed by atoms with Crippen LogP contribution in [0.1, 0.15) is 0 Å². The highest BCUT2D eigenvalue weighted by atomic mass is 15.1. The Balaban J connectivity index is 2.01. The first-order chi connectivity index (χ1) is 9.92. The number of benzene rings is 2. The maximum absolute atomic E-state index is 4.58. The zero-order valence-corrected chi connectivity index (χ0v) is 10.5. The van der Waals surface area contributed by atoms with Crippen molar-refractivity contribution in [1.29, 1.82) is 0 Å². The van der Waals surface area contributed by atoms with Gasteiger partial charge in [-0.1, -0.05) is 36.4 Å². The fraction of sp³-hybridized carbons (Fsp3) is 0. The van der Waals surface area contributed by atoms with Crippen LogP contribution in [-0.2, 0) is 0 Å². The van der Waals surface area contributed by atoms with E-state index in [1.54, 1.807) is 6.20 Å². The average Bonchev–Trinajstić information content (AvgIpc) is 2.54. The number of hydrogen-bond donors (Lipinski definition) is 0. The zero-order chi connectivity index (χ0) is 13.4. The van der Waals surface area contributed by atoms with Crippen molar-refractivity contribution in [3.63, 3.8) is 0 Å². The van der Waals surface area contributed by atoms with Crippen LogP contribution >= 0.6 is 0 Å². The van der Waals surface area contributed by atoms with Crippen LogP contribution < -0.4 is 0 Å². The number of aromatic nitrogens is 4. The molecule has 1 radical (unpaired) electrons. The Bertz CT molecular complexity index is 913. The summed E-state index contributed by atoms with van der Waals surface area (Å²) < 4.78 is 0. The van der Waals surface area contributed by atoms with Crippen molar-refractivity contribution in [2.45, 2.75) is 0 Å². The van der Waals surface area contributed by atoms with Crippen LogP contribution in [0.5, 0.6) is 0 Å². The number of fused-ring (bicyclic) bond motifs is 2. The second-order valence-corrected chi connectivity index (χ2v) is 4.45. The summed E-state index contributed by atoms with van der Waals surface area (Å²) in [4.78, 5) is 8.88. The molecule has 4 nitrogen and oxygen atoms in total. The largest absolute Gasteiger partial charge is 0.242 e. The standard InChI is InChI=1S/C16H9N4/c1-2-6-12-11(5-1)9-18-20-16(12)15-10-17-13-7-3-4-8-14(13)19-15/h1-9H. The molecule has 2 heterocycles. The third kappa shape index (κ3) is 1.70. The Morgan fingerprint density at radius 1 is 0.850 bits per heavy atom. The quantitative estimate of drug-likeness (QED) is 0.526. The predicted molar refractivity (Wildman–Crippen MR) is 76.9 cm³/mol. The van der Waals surface area contributed by atoms with Crippen LogP contribution in [0.15, 0.2) is 54.7 Å². The van der Waals surface area contributed by atoms with Crippen LogP contribution in [0.4, 0.5) is 0 Å². The topological polar surface area (TPSA) is 51.6 Å². The third-order valence-electron chi connectivity index (χ3n) is 3.19. The molecule has 0 unspecified atom stereocenters. The van der Waals surface area contributed by atoms with Gasteiger partial charge in [-0.15, -0.1) is 5.10 Å². The van der Waals surface area contributed by atoms with Gasteiger partial charge in [-0.05, 0) is 12.1 Å². The van der Waals surface area contributed by atoms with E-state index < -0.39 is 0 Å². The SMILES string of the molecule is [c]1nc2ccccc2nc1-c1nncc2ccccc12. The Morgan fingerprint density at radius 2 is 1.65 bits per heavy atom. The zero-order valence-electron chi connectivity index (χ0n) is 10.5. The minimum atomic E-state index is 0.619. The van der Waals surface area contributed by atoms with E-state index in [0.29, 0.717) is 11.4 Å². The fourth-order valence-corrected chi connectivity index (χ4v) is 2.22. The summed E-state index contributed by atoms with van der Waals surface area (Å²) >= 11 is 0. The van der Waals surface area contributed by atoms with Gasteiger partial charge in [-0.2, -0.15) is 5.10 Å². The van der Waals surface area contributed by atoms with Crippen LogP contribution in [0.3, 0.4) is 0 Å². The molecule has 4 aromatic rings. The first-order valence-electron chi connectivity index (χ1n) is 6.27. The molecule has 0 saturated carbocycles. The van der Waals surface area contributed by atoms with Gasteiger partial charge in [0.25, 0.3) is 0 Å². The van der Waals surface area contributed by atoms with Crippen molar-refractivity contribution in [1.82, 2.24) is 20.2 Å². The first-order valence-corrected chi connectivity index (χ1v) is 6.27. The second kappa shape index (κ2) is 4.35. The van der Waals surface area contributed by atoms with E-state index >= 15 is 0 Å². The molecule has 4 rings (SSSR count). The Hall–Kier alpha value is -2.88. The monoisotopic (exact) mass is 257 g/mol. The Kier molecular flexibility index (Phi) is 2.39. The maximum atomic E-state index is 4.58. The fourth-order valence-electron chi connectivity index (χ4n) is 2.22. The molecule has 20 heavy (non-hydrogen) atoms. The number of nitrogens with zero attached hydrogens (tertiary/aromatic N) is 4. The van der Waals surface area contributed by atoms with Crippen molar-refractivity contribution in [3.8, 4) is 11.4 Å². The molecule has 0 atom stereocenters. The second-order valence-electron chi connectivity index (χ2n) is 4.45. The van der Waals surface area contributed by atoms with Crippen molar-refractivity contribution in [2.24, 2.45) is 0 Å².